The van der Waals surface area contributed by atoms with Gasteiger partial charge in [0.25, 0.3) is 10.0 Å². The summed E-state index contributed by atoms with van der Waals surface area (Å²) in [7, 11) is 0.214. The molecule has 0 aliphatic carbocycles. The first kappa shape index (κ1) is 16.3. The van der Waals surface area contributed by atoms with Gasteiger partial charge in [0.05, 0.1) is 21.8 Å². The van der Waals surface area contributed by atoms with Crippen molar-refractivity contribution in [1.82, 2.24) is 4.98 Å². The van der Waals surface area contributed by atoms with Gasteiger partial charge in [0.2, 0.25) is 0 Å². The second-order valence-corrected chi connectivity index (χ2v) is 7.53. The van der Waals surface area contributed by atoms with E-state index in [4.69, 9.17) is 0 Å². The Morgan fingerprint density at radius 3 is 2.38 bits per heavy atom. The van der Waals surface area contributed by atoms with Crippen LogP contribution in [0.15, 0.2) is 59.6 Å². The summed E-state index contributed by atoms with van der Waals surface area (Å²) >= 11 is 0. The molecule has 0 spiro atoms. The van der Waals surface area contributed by atoms with Crippen LogP contribution in [0.5, 0.6) is 0 Å². The molecule has 1 heterocycles. The SMILES string of the molecule is Cc1ccc(S(=O)(=O)Nc2ccc(N(C)C)c3ncccc23)cc1. The highest BCUT2D eigenvalue weighted by atomic mass is 32.2. The molecule has 0 radical (unpaired) electrons. The van der Waals surface area contributed by atoms with Gasteiger partial charge in [-0.25, -0.2) is 8.42 Å². The number of pyridine rings is 1. The molecule has 24 heavy (non-hydrogen) atoms. The van der Waals surface area contributed by atoms with Crippen molar-refractivity contribution in [3.63, 3.8) is 0 Å². The molecule has 3 aromatic rings. The minimum absolute atomic E-state index is 0.238. The van der Waals surface area contributed by atoms with Crippen molar-refractivity contribution in [2.45, 2.75) is 11.8 Å². The molecule has 124 valence electrons. The summed E-state index contributed by atoms with van der Waals surface area (Å²) in [4.78, 5) is 6.59. The van der Waals surface area contributed by atoms with E-state index >= 15 is 0 Å². The van der Waals surface area contributed by atoms with E-state index < -0.39 is 10.0 Å². The third kappa shape index (κ3) is 3.05. The van der Waals surface area contributed by atoms with E-state index in [-0.39, 0.29) is 4.90 Å². The van der Waals surface area contributed by atoms with Crippen molar-refractivity contribution in [3.05, 3.63) is 60.3 Å². The Labute approximate surface area is 142 Å². The summed E-state index contributed by atoms with van der Waals surface area (Å²) < 4.78 is 27.9. The number of hydrogen-bond donors (Lipinski definition) is 1. The Balaban J connectivity index is 2.07. The molecule has 0 atom stereocenters. The highest BCUT2D eigenvalue weighted by Crippen LogP contribution is 2.31. The first-order chi connectivity index (χ1) is 11.4. The lowest BCUT2D eigenvalue weighted by Crippen LogP contribution is -2.14. The lowest BCUT2D eigenvalue weighted by Gasteiger charge is -2.17. The van der Waals surface area contributed by atoms with Crippen LogP contribution in [0, 0.1) is 6.92 Å². The number of aryl methyl sites for hydroxylation is 1. The molecule has 0 fully saturated rings. The van der Waals surface area contributed by atoms with Crippen LogP contribution in [-0.4, -0.2) is 27.5 Å². The molecule has 0 aliphatic rings. The highest BCUT2D eigenvalue weighted by Gasteiger charge is 2.16. The number of nitrogens with one attached hydrogen (secondary N) is 1. The molecule has 0 bridgehead atoms. The average Bonchev–Trinajstić information content (AvgIpc) is 2.55. The first-order valence-electron chi connectivity index (χ1n) is 7.53. The second-order valence-electron chi connectivity index (χ2n) is 5.84. The van der Waals surface area contributed by atoms with Gasteiger partial charge in [-0.15, -0.1) is 0 Å². The van der Waals surface area contributed by atoms with Crippen LogP contribution < -0.4 is 9.62 Å². The number of sulfonamides is 1. The number of fused-ring (bicyclic) bond motifs is 1. The van der Waals surface area contributed by atoms with Crippen LogP contribution in [0.25, 0.3) is 10.9 Å². The lowest BCUT2D eigenvalue weighted by molar-refractivity contribution is 0.601. The van der Waals surface area contributed by atoms with E-state index in [0.29, 0.717) is 5.69 Å². The van der Waals surface area contributed by atoms with Gasteiger partial charge in [-0.3, -0.25) is 9.71 Å². The van der Waals surface area contributed by atoms with Crippen LogP contribution in [0.4, 0.5) is 11.4 Å². The Morgan fingerprint density at radius 2 is 1.71 bits per heavy atom. The van der Waals surface area contributed by atoms with Gasteiger partial charge in [0.15, 0.2) is 0 Å². The maximum absolute atomic E-state index is 12.6. The molecule has 0 saturated carbocycles. The topological polar surface area (TPSA) is 62.3 Å². The molecule has 1 N–H and O–H groups in total. The summed E-state index contributed by atoms with van der Waals surface area (Å²) in [6.07, 6.45) is 1.70. The van der Waals surface area contributed by atoms with E-state index in [0.717, 1.165) is 22.2 Å². The average molecular weight is 341 g/mol. The van der Waals surface area contributed by atoms with Gasteiger partial charge in [-0.2, -0.15) is 0 Å². The normalized spacial score (nSPS) is 11.5. The number of hydrogen-bond acceptors (Lipinski definition) is 4. The van der Waals surface area contributed by atoms with Crippen molar-refractivity contribution in [2.75, 3.05) is 23.7 Å². The number of rotatable bonds is 4. The molecule has 0 saturated heterocycles. The maximum Gasteiger partial charge on any atom is 0.261 e. The standard InChI is InChI=1S/C18H19N3O2S/c1-13-6-8-14(9-7-13)24(22,23)20-16-10-11-17(21(2)3)18-15(16)5-4-12-19-18/h4-12,20H,1-3H3. The first-order valence-corrected chi connectivity index (χ1v) is 9.01. The maximum atomic E-state index is 12.6. The monoisotopic (exact) mass is 341 g/mol. The molecule has 0 unspecified atom stereocenters. The zero-order valence-electron chi connectivity index (χ0n) is 13.8. The minimum atomic E-state index is -3.65. The molecule has 2 aromatic carbocycles. The minimum Gasteiger partial charge on any atom is -0.376 e. The van der Waals surface area contributed by atoms with Crippen molar-refractivity contribution < 1.29 is 8.42 Å². The zero-order valence-corrected chi connectivity index (χ0v) is 14.6. The Morgan fingerprint density at radius 1 is 1.00 bits per heavy atom. The van der Waals surface area contributed by atoms with Crippen molar-refractivity contribution in [2.24, 2.45) is 0 Å². The van der Waals surface area contributed by atoms with Gasteiger partial charge in [-0.05, 0) is 43.3 Å². The summed E-state index contributed by atoms with van der Waals surface area (Å²) in [6, 6.07) is 14.1. The summed E-state index contributed by atoms with van der Waals surface area (Å²) in [5.41, 5.74) is 3.22. The van der Waals surface area contributed by atoms with Crippen molar-refractivity contribution >= 4 is 32.3 Å². The van der Waals surface area contributed by atoms with E-state index in [1.54, 1.807) is 42.6 Å². The molecule has 0 aliphatic heterocycles. The molecular weight excluding hydrogens is 322 g/mol. The molecular formula is C18H19N3O2S. The quantitative estimate of drug-likeness (QED) is 0.790. The van der Waals surface area contributed by atoms with Gasteiger partial charge in [0, 0.05) is 25.7 Å². The molecule has 3 rings (SSSR count). The van der Waals surface area contributed by atoms with Crippen LogP contribution in [-0.2, 0) is 10.0 Å². The van der Waals surface area contributed by atoms with Gasteiger partial charge in [-0.1, -0.05) is 17.7 Å². The van der Waals surface area contributed by atoms with Gasteiger partial charge in [0.1, 0.15) is 0 Å². The predicted octanol–water partition coefficient (Wildman–Crippen LogP) is 3.41. The molecule has 1 aromatic heterocycles. The highest BCUT2D eigenvalue weighted by molar-refractivity contribution is 7.92. The van der Waals surface area contributed by atoms with Crippen LogP contribution in [0.2, 0.25) is 0 Å². The van der Waals surface area contributed by atoms with Gasteiger partial charge >= 0.3 is 0 Å². The summed E-state index contributed by atoms with van der Waals surface area (Å²) in [5, 5.41) is 0.763. The van der Waals surface area contributed by atoms with E-state index in [2.05, 4.69) is 9.71 Å². The van der Waals surface area contributed by atoms with Crippen LogP contribution in [0.1, 0.15) is 5.56 Å². The third-order valence-electron chi connectivity index (χ3n) is 3.81. The number of aromatic nitrogens is 1. The van der Waals surface area contributed by atoms with Crippen LogP contribution >= 0.6 is 0 Å². The van der Waals surface area contributed by atoms with Crippen molar-refractivity contribution in [3.8, 4) is 0 Å². The van der Waals surface area contributed by atoms with Crippen molar-refractivity contribution in [1.29, 1.82) is 0 Å². The zero-order chi connectivity index (χ0) is 17.3. The third-order valence-corrected chi connectivity index (χ3v) is 5.19. The smallest absolute Gasteiger partial charge is 0.261 e. The lowest BCUT2D eigenvalue weighted by atomic mass is 10.1. The fourth-order valence-corrected chi connectivity index (χ4v) is 3.61. The number of benzene rings is 2. The van der Waals surface area contributed by atoms with E-state index in [9.17, 15) is 8.42 Å². The number of nitrogens with zero attached hydrogens (tertiary/aromatic N) is 2. The molecule has 0 amide bonds. The summed E-state index contributed by atoms with van der Waals surface area (Å²) in [5.74, 6) is 0. The largest absolute Gasteiger partial charge is 0.376 e. The predicted molar refractivity (Wildman–Crippen MR) is 98.1 cm³/mol. The Hall–Kier alpha value is -2.60. The fourth-order valence-electron chi connectivity index (χ4n) is 2.53. The molecule has 5 nitrogen and oxygen atoms in total. The van der Waals surface area contributed by atoms with E-state index in [1.807, 2.05) is 38.1 Å². The fraction of sp³-hybridized carbons (Fsp3) is 0.167. The number of anilines is 2. The second kappa shape index (κ2) is 6.13. The Kier molecular flexibility index (Phi) is 4.15. The molecule has 6 heteroatoms. The van der Waals surface area contributed by atoms with E-state index in [1.165, 1.54) is 0 Å². The van der Waals surface area contributed by atoms with Gasteiger partial charge < -0.3 is 4.90 Å². The van der Waals surface area contributed by atoms with Crippen LogP contribution in [0.3, 0.4) is 0 Å². The Bertz CT molecular complexity index is 981. The summed E-state index contributed by atoms with van der Waals surface area (Å²) in [6.45, 7) is 1.92.